The summed E-state index contributed by atoms with van der Waals surface area (Å²) in [6.07, 6.45) is 0.932. The van der Waals surface area contributed by atoms with Crippen molar-refractivity contribution in [3.8, 4) is 0 Å². The second-order valence-corrected chi connectivity index (χ2v) is 2.63. The van der Waals surface area contributed by atoms with Crippen molar-refractivity contribution >= 4 is 11.6 Å². The van der Waals surface area contributed by atoms with E-state index < -0.39 is 0 Å². The van der Waals surface area contributed by atoms with Crippen molar-refractivity contribution in [2.24, 2.45) is 5.92 Å². The van der Waals surface area contributed by atoms with Gasteiger partial charge in [-0.05, 0) is 6.92 Å². The summed E-state index contributed by atoms with van der Waals surface area (Å²) in [5.74, 6) is 0.187. The molecule has 58 valence electrons. The molecule has 0 saturated carbocycles. The van der Waals surface area contributed by atoms with Gasteiger partial charge in [0.2, 0.25) is 0 Å². The molecule has 0 aromatic heterocycles. The minimum atomic E-state index is -0.0810. The van der Waals surface area contributed by atoms with Crippen LogP contribution in [-0.2, 0) is 9.59 Å². The van der Waals surface area contributed by atoms with E-state index in [1.54, 1.807) is 6.92 Å². The van der Waals surface area contributed by atoms with Gasteiger partial charge in [-0.1, -0.05) is 13.8 Å². The minimum Gasteiger partial charge on any atom is -0.300 e. The normalized spacial score (nSPS) is 12.7. The molecule has 0 N–H and O–H groups in total. The van der Waals surface area contributed by atoms with Crippen LogP contribution >= 0.6 is 0 Å². The van der Waals surface area contributed by atoms with Gasteiger partial charge in [-0.15, -0.1) is 0 Å². The van der Waals surface area contributed by atoms with E-state index in [4.69, 9.17) is 0 Å². The molecule has 0 bridgehead atoms. The van der Waals surface area contributed by atoms with Gasteiger partial charge in [0.15, 0.2) is 0 Å². The van der Waals surface area contributed by atoms with Crippen LogP contribution in [0.3, 0.4) is 0 Å². The molecular formula is C8H14O2. The molecule has 0 aliphatic rings. The molecule has 0 aliphatic heterocycles. The fourth-order valence-electron chi connectivity index (χ4n) is 0.893. The molecule has 10 heavy (non-hydrogen) atoms. The van der Waals surface area contributed by atoms with Gasteiger partial charge in [0.05, 0.1) is 0 Å². The Hall–Kier alpha value is -0.660. The number of Topliss-reactive ketones (excluding diaryl/α,β-unsaturated/α-hetero) is 2. The summed E-state index contributed by atoms with van der Waals surface area (Å²) in [6, 6.07) is 0. The largest absolute Gasteiger partial charge is 0.300 e. The topological polar surface area (TPSA) is 34.1 Å². The quantitative estimate of drug-likeness (QED) is 0.597. The zero-order chi connectivity index (χ0) is 8.15. The van der Waals surface area contributed by atoms with Crippen LogP contribution in [0, 0.1) is 5.92 Å². The summed E-state index contributed by atoms with van der Waals surface area (Å²) in [5, 5.41) is 0. The molecule has 0 heterocycles. The molecule has 0 fully saturated rings. The first-order chi connectivity index (χ1) is 4.57. The number of ketones is 2. The zero-order valence-corrected chi connectivity index (χ0v) is 6.81. The van der Waals surface area contributed by atoms with Gasteiger partial charge in [-0.3, -0.25) is 4.79 Å². The third kappa shape index (κ3) is 3.38. The predicted octanol–water partition coefficient (Wildman–Crippen LogP) is 1.58. The molecule has 0 rings (SSSR count). The Balaban J connectivity index is 3.72. The molecule has 2 nitrogen and oxygen atoms in total. The molecule has 1 atom stereocenters. The van der Waals surface area contributed by atoms with E-state index in [0.717, 1.165) is 0 Å². The molecule has 0 saturated heterocycles. The van der Waals surface area contributed by atoms with Gasteiger partial charge in [-0.25, -0.2) is 0 Å². The van der Waals surface area contributed by atoms with Crippen molar-refractivity contribution in [1.82, 2.24) is 0 Å². The van der Waals surface area contributed by atoms with Crippen LogP contribution in [0.1, 0.15) is 33.6 Å². The molecule has 1 unspecified atom stereocenters. The summed E-state index contributed by atoms with van der Waals surface area (Å²) < 4.78 is 0. The fraction of sp³-hybridized carbons (Fsp3) is 0.750. The van der Waals surface area contributed by atoms with Gasteiger partial charge < -0.3 is 4.79 Å². The summed E-state index contributed by atoms with van der Waals surface area (Å²) in [5.41, 5.74) is 0. The number of hydrogen-bond acceptors (Lipinski definition) is 2. The van der Waals surface area contributed by atoms with E-state index in [1.165, 1.54) is 6.92 Å². The number of hydrogen-bond donors (Lipinski definition) is 0. The van der Waals surface area contributed by atoms with Crippen LogP contribution < -0.4 is 0 Å². The van der Waals surface area contributed by atoms with Crippen LogP contribution in [0.5, 0.6) is 0 Å². The summed E-state index contributed by atoms with van der Waals surface area (Å²) in [6.45, 7) is 5.13. The predicted molar refractivity (Wildman–Crippen MR) is 39.8 cm³/mol. The molecule has 0 amide bonds. The van der Waals surface area contributed by atoms with Crippen molar-refractivity contribution in [3.05, 3.63) is 0 Å². The SMILES string of the molecule is CCC(=O)C(C)CC(C)=O. The lowest BCUT2D eigenvalue weighted by Crippen LogP contribution is -2.12. The van der Waals surface area contributed by atoms with E-state index in [0.29, 0.717) is 12.8 Å². The van der Waals surface area contributed by atoms with Gasteiger partial charge in [-0.2, -0.15) is 0 Å². The van der Waals surface area contributed by atoms with Gasteiger partial charge in [0.25, 0.3) is 0 Å². The first-order valence-electron chi connectivity index (χ1n) is 3.60. The van der Waals surface area contributed by atoms with Crippen LogP contribution in [0.4, 0.5) is 0 Å². The van der Waals surface area contributed by atoms with Crippen molar-refractivity contribution in [3.63, 3.8) is 0 Å². The highest BCUT2D eigenvalue weighted by Crippen LogP contribution is 2.05. The zero-order valence-electron chi connectivity index (χ0n) is 6.81. The second-order valence-electron chi connectivity index (χ2n) is 2.63. The van der Waals surface area contributed by atoms with E-state index in [-0.39, 0.29) is 17.5 Å². The first-order valence-corrected chi connectivity index (χ1v) is 3.60. The Morgan fingerprint density at radius 2 is 1.90 bits per heavy atom. The van der Waals surface area contributed by atoms with Gasteiger partial charge >= 0.3 is 0 Å². The molecule has 0 aromatic carbocycles. The van der Waals surface area contributed by atoms with Crippen LogP contribution in [0.15, 0.2) is 0 Å². The lowest BCUT2D eigenvalue weighted by molar-refractivity contribution is -0.126. The molecule has 2 heteroatoms. The first kappa shape index (κ1) is 9.34. The van der Waals surface area contributed by atoms with Crippen molar-refractivity contribution in [2.45, 2.75) is 33.6 Å². The highest BCUT2D eigenvalue weighted by molar-refractivity contribution is 5.86. The fourth-order valence-corrected chi connectivity index (χ4v) is 0.893. The number of carbonyl (C=O) groups excluding carboxylic acids is 2. The van der Waals surface area contributed by atoms with E-state index in [2.05, 4.69) is 0 Å². The van der Waals surface area contributed by atoms with Crippen molar-refractivity contribution in [1.29, 1.82) is 0 Å². The Bertz CT molecular complexity index is 138. The van der Waals surface area contributed by atoms with E-state index in [9.17, 15) is 9.59 Å². The summed E-state index contributed by atoms with van der Waals surface area (Å²) in [4.78, 5) is 21.4. The Morgan fingerprint density at radius 3 is 2.20 bits per heavy atom. The highest BCUT2D eigenvalue weighted by atomic mass is 16.1. The molecule has 0 aliphatic carbocycles. The van der Waals surface area contributed by atoms with Crippen molar-refractivity contribution in [2.75, 3.05) is 0 Å². The smallest absolute Gasteiger partial charge is 0.135 e. The molecule has 0 radical (unpaired) electrons. The lowest BCUT2D eigenvalue weighted by Gasteiger charge is -2.04. The molecule has 0 aromatic rings. The molecular weight excluding hydrogens is 128 g/mol. The van der Waals surface area contributed by atoms with Crippen molar-refractivity contribution < 1.29 is 9.59 Å². The Morgan fingerprint density at radius 1 is 1.40 bits per heavy atom. The van der Waals surface area contributed by atoms with E-state index >= 15 is 0 Å². The van der Waals surface area contributed by atoms with E-state index in [1.807, 2.05) is 6.92 Å². The monoisotopic (exact) mass is 142 g/mol. The highest BCUT2D eigenvalue weighted by Gasteiger charge is 2.11. The number of rotatable bonds is 4. The average Bonchev–Trinajstić information content (AvgIpc) is 1.85. The maximum absolute atomic E-state index is 10.9. The maximum atomic E-state index is 10.9. The van der Waals surface area contributed by atoms with Crippen LogP contribution in [0.25, 0.3) is 0 Å². The lowest BCUT2D eigenvalue weighted by atomic mass is 9.99. The van der Waals surface area contributed by atoms with Gasteiger partial charge in [0, 0.05) is 18.8 Å². The average molecular weight is 142 g/mol. The maximum Gasteiger partial charge on any atom is 0.135 e. The summed E-state index contributed by atoms with van der Waals surface area (Å²) >= 11 is 0. The van der Waals surface area contributed by atoms with Crippen LogP contribution in [0.2, 0.25) is 0 Å². The summed E-state index contributed by atoms with van der Waals surface area (Å²) in [7, 11) is 0. The molecule has 0 spiro atoms. The van der Waals surface area contributed by atoms with Crippen LogP contribution in [-0.4, -0.2) is 11.6 Å². The number of carbonyl (C=O) groups is 2. The third-order valence-electron chi connectivity index (χ3n) is 1.49. The standard InChI is InChI=1S/C8H14O2/c1-4-8(10)6(2)5-7(3)9/h6H,4-5H2,1-3H3. The Labute approximate surface area is 61.6 Å². The third-order valence-corrected chi connectivity index (χ3v) is 1.49. The second kappa shape index (κ2) is 4.20. The minimum absolute atomic E-state index is 0.0810. The Kier molecular flexibility index (Phi) is 3.93. The van der Waals surface area contributed by atoms with Gasteiger partial charge in [0.1, 0.15) is 11.6 Å².